The lowest BCUT2D eigenvalue weighted by Gasteiger charge is -2.43. The quantitative estimate of drug-likeness (QED) is 0.609. The van der Waals surface area contributed by atoms with Crippen molar-refractivity contribution in [3.8, 4) is 0 Å². The van der Waals surface area contributed by atoms with E-state index in [0.717, 1.165) is 63.0 Å². The second-order valence-electron chi connectivity index (χ2n) is 9.60. The number of fused-ring (bicyclic) bond motifs is 1. The maximum atomic E-state index is 11.1. The van der Waals surface area contributed by atoms with Gasteiger partial charge in [-0.05, 0) is 41.7 Å². The number of β-amino-alcohol motifs (C(OH)–C–C–N with tert-alkyl or cyclic N) is 1. The van der Waals surface area contributed by atoms with E-state index in [1.54, 1.807) is 6.33 Å². The van der Waals surface area contributed by atoms with Gasteiger partial charge in [0.25, 0.3) is 0 Å². The van der Waals surface area contributed by atoms with Crippen molar-refractivity contribution in [2.45, 2.75) is 37.5 Å². The molecule has 4 heterocycles. The van der Waals surface area contributed by atoms with Gasteiger partial charge in [0.05, 0.1) is 19.3 Å². The van der Waals surface area contributed by atoms with Gasteiger partial charge in [-0.25, -0.2) is 9.97 Å². The topological polar surface area (TPSA) is 73.8 Å². The molecule has 0 amide bonds. The van der Waals surface area contributed by atoms with E-state index >= 15 is 0 Å². The van der Waals surface area contributed by atoms with Gasteiger partial charge in [0, 0.05) is 49.9 Å². The van der Waals surface area contributed by atoms with Crippen molar-refractivity contribution in [1.82, 2.24) is 14.9 Å². The van der Waals surface area contributed by atoms with Gasteiger partial charge in [0.15, 0.2) is 0 Å². The number of aliphatic hydroxyl groups is 1. The third kappa shape index (κ3) is 4.39. The Morgan fingerprint density at radius 3 is 2.56 bits per heavy atom. The number of hydrogen-bond acceptors (Lipinski definition) is 7. The fourth-order valence-corrected chi connectivity index (χ4v) is 5.36. The van der Waals surface area contributed by atoms with Gasteiger partial charge < -0.3 is 20.1 Å². The first-order chi connectivity index (χ1) is 16.7. The third-order valence-electron chi connectivity index (χ3n) is 7.44. The van der Waals surface area contributed by atoms with Crippen molar-refractivity contribution >= 4 is 17.3 Å². The zero-order valence-electron chi connectivity index (χ0n) is 19.3. The average Bonchev–Trinajstić information content (AvgIpc) is 2.84. The van der Waals surface area contributed by atoms with Crippen LogP contribution in [0.25, 0.3) is 0 Å². The van der Waals surface area contributed by atoms with Crippen molar-refractivity contribution in [3.63, 3.8) is 0 Å². The minimum Gasteiger partial charge on any atom is -0.390 e. The van der Waals surface area contributed by atoms with Crippen LogP contribution >= 0.6 is 0 Å². The summed E-state index contributed by atoms with van der Waals surface area (Å²) < 4.78 is 5.29. The van der Waals surface area contributed by atoms with Crippen LogP contribution in [0.2, 0.25) is 0 Å². The molecule has 0 spiro atoms. The predicted molar refractivity (Wildman–Crippen MR) is 132 cm³/mol. The van der Waals surface area contributed by atoms with Crippen LogP contribution in [-0.4, -0.2) is 65.0 Å². The third-order valence-corrected chi connectivity index (χ3v) is 7.44. The molecule has 2 fully saturated rings. The van der Waals surface area contributed by atoms with E-state index in [1.165, 1.54) is 16.7 Å². The van der Waals surface area contributed by atoms with Gasteiger partial charge in [-0.1, -0.05) is 36.4 Å². The first-order valence-electron chi connectivity index (χ1n) is 12.2. The molecular formula is C27H31N5O2. The van der Waals surface area contributed by atoms with Gasteiger partial charge >= 0.3 is 0 Å². The van der Waals surface area contributed by atoms with Crippen molar-refractivity contribution in [2.24, 2.45) is 0 Å². The number of nitrogens with zero attached hydrogens (tertiary/aromatic N) is 4. The molecule has 7 nitrogen and oxygen atoms in total. The number of aromatic nitrogens is 2. The predicted octanol–water partition coefficient (Wildman–Crippen LogP) is 3.33. The standard InChI is InChI=1S/C27H31N5O2/c33-25-15-32(12-10-24(25)31-11-9-19-3-1-2-4-21(19)14-31)27-13-26(28-18-29-27)30-23-7-5-20(6-8-23)22-16-34-17-22/h1-8,13,18,22,24-25,33H,9-12,14-17H2,(H,28,29,30)/t24?,25-/m0/s1. The fraction of sp³-hybridized carbons (Fsp3) is 0.407. The van der Waals surface area contributed by atoms with Crippen LogP contribution in [0.5, 0.6) is 0 Å². The van der Waals surface area contributed by atoms with Crippen molar-refractivity contribution in [2.75, 3.05) is 43.1 Å². The van der Waals surface area contributed by atoms with E-state index in [0.29, 0.717) is 12.5 Å². The van der Waals surface area contributed by atoms with Gasteiger partial charge in [0.2, 0.25) is 0 Å². The number of anilines is 3. The number of nitrogens with one attached hydrogen (secondary N) is 1. The Kier molecular flexibility index (Phi) is 5.91. The first kappa shape index (κ1) is 21.5. The van der Waals surface area contributed by atoms with Gasteiger partial charge in [-0.15, -0.1) is 0 Å². The van der Waals surface area contributed by atoms with Crippen molar-refractivity contribution < 1.29 is 9.84 Å². The molecule has 1 aromatic heterocycles. The molecule has 1 unspecified atom stereocenters. The summed E-state index contributed by atoms with van der Waals surface area (Å²) in [6, 6.07) is 19.3. The zero-order valence-corrected chi connectivity index (χ0v) is 19.3. The monoisotopic (exact) mass is 457 g/mol. The Hall–Kier alpha value is -3.00. The number of aliphatic hydroxyl groups excluding tert-OH is 1. The van der Waals surface area contributed by atoms with Gasteiger partial charge in [-0.3, -0.25) is 4.90 Å². The zero-order chi connectivity index (χ0) is 22.9. The van der Waals surface area contributed by atoms with Crippen LogP contribution in [0.4, 0.5) is 17.3 Å². The van der Waals surface area contributed by atoms with E-state index in [9.17, 15) is 5.11 Å². The molecule has 176 valence electrons. The van der Waals surface area contributed by atoms with Crippen LogP contribution in [0.15, 0.2) is 60.9 Å². The molecular weight excluding hydrogens is 426 g/mol. The molecule has 0 radical (unpaired) electrons. The Bertz CT molecular complexity index is 1130. The fourth-order valence-electron chi connectivity index (χ4n) is 5.36. The highest BCUT2D eigenvalue weighted by molar-refractivity contribution is 5.60. The summed E-state index contributed by atoms with van der Waals surface area (Å²) in [5, 5.41) is 14.4. The van der Waals surface area contributed by atoms with Crippen LogP contribution in [0, 0.1) is 0 Å². The second-order valence-corrected chi connectivity index (χ2v) is 9.60. The Morgan fingerprint density at radius 1 is 0.971 bits per heavy atom. The molecule has 0 bridgehead atoms. The Morgan fingerprint density at radius 2 is 1.79 bits per heavy atom. The first-order valence-corrected chi connectivity index (χ1v) is 12.2. The van der Waals surface area contributed by atoms with Crippen LogP contribution in [-0.2, 0) is 17.7 Å². The lowest BCUT2D eigenvalue weighted by Crippen LogP contribution is -2.55. The van der Waals surface area contributed by atoms with Crippen molar-refractivity contribution in [1.29, 1.82) is 0 Å². The number of rotatable bonds is 5. The lowest BCUT2D eigenvalue weighted by molar-refractivity contribution is 0.00843. The molecule has 3 aliphatic heterocycles. The molecule has 2 aromatic carbocycles. The molecule has 3 aromatic rings. The molecule has 3 aliphatic rings. The Balaban J connectivity index is 1.09. The highest BCUT2D eigenvalue weighted by atomic mass is 16.5. The summed E-state index contributed by atoms with van der Waals surface area (Å²) in [6.07, 6.45) is 3.16. The lowest BCUT2D eigenvalue weighted by atomic mass is 9.94. The minimum atomic E-state index is -0.409. The van der Waals surface area contributed by atoms with E-state index in [2.05, 4.69) is 73.6 Å². The van der Waals surface area contributed by atoms with E-state index < -0.39 is 6.10 Å². The van der Waals surface area contributed by atoms with Crippen molar-refractivity contribution in [3.05, 3.63) is 77.6 Å². The van der Waals surface area contributed by atoms with Crippen LogP contribution < -0.4 is 10.2 Å². The summed E-state index contributed by atoms with van der Waals surface area (Å²) in [4.78, 5) is 13.5. The molecule has 7 heteroatoms. The van der Waals surface area contributed by atoms with Gasteiger partial charge in [0.1, 0.15) is 18.0 Å². The molecule has 0 saturated carbocycles. The smallest absolute Gasteiger partial charge is 0.135 e. The molecule has 2 saturated heterocycles. The summed E-state index contributed by atoms with van der Waals surface area (Å²) in [6.45, 7) is 5.01. The maximum absolute atomic E-state index is 11.1. The Labute approximate surface area is 200 Å². The van der Waals surface area contributed by atoms with E-state index in [1.807, 2.05) is 6.07 Å². The number of ether oxygens (including phenoxy) is 1. The normalized spacial score (nSPS) is 23.3. The average molecular weight is 458 g/mol. The summed E-state index contributed by atoms with van der Waals surface area (Å²) in [5.41, 5.74) is 5.15. The maximum Gasteiger partial charge on any atom is 0.135 e. The van der Waals surface area contributed by atoms with E-state index in [4.69, 9.17) is 4.74 Å². The summed E-state index contributed by atoms with van der Waals surface area (Å²) in [5.74, 6) is 2.13. The number of benzene rings is 2. The highest BCUT2D eigenvalue weighted by Gasteiger charge is 2.34. The number of hydrogen-bond donors (Lipinski definition) is 2. The molecule has 2 atom stereocenters. The second kappa shape index (κ2) is 9.33. The summed E-state index contributed by atoms with van der Waals surface area (Å²) in [7, 11) is 0. The SMILES string of the molecule is O[C@H]1CN(c2cc(Nc3ccc(C4COC4)cc3)ncn2)CCC1N1CCc2ccccc2C1. The van der Waals surface area contributed by atoms with Gasteiger partial charge in [-0.2, -0.15) is 0 Å². The number of piperidine rings is 1. The molecule has 0 aliphatic carbocycles. The minimum absolute atomic E-state index is 0.184. The molecule has 6 rings (SSSR count). The van der Waals surface area contributed by atoms with Crippen LogP contribution in [0.3, 0.4) is 0 Å². The largest absolute Gasteiger partial charge is 0.390 e. The molecule has 34 heavy (non-hydrogen) atoms. The van der Waals surface area contributed by atoms with E-state index in [-0.39, 0.29) is 6.04 Å². The highest BCUT2D eigenvalue weighted by Crippen LogP contribution is 2.29. The summed E-state index contributed by atoms with van der Waals surface area (Å²) >= 11 is 0. The van der Waals surface area contributed by atoms with Crippen LogP contribution in [0.1, 0.15) is 29.0 Å². The molecule has 2 N–H and O–H groups in total.